The lowest BCUT2D eigenvalue weighted by Crippen LogP contribution is -2.52. The molecule has 2 unspecified atom stereocenters. The van der Waals surface area contributed by atoms with Gasteiger partial charge >= 0.3 is 5.97 Å². The SMILES string of the molecule is CCOC1CC(n2ccc(=O)nc2SCC(=O)O)C1(C)C. The summed E-state index contributed by atoms with van der Waals surface area (Å²) in [5, 5.41) is 9.26. The largest absolute Gasteiger partial charge is 0.481 e. The number of hydrogen-bond acceptors (Lipinski definition) is 5. The Morgan fingerprint density at radius 3 is 2.90 bits per heavy atom. The average Bonchev–Trinajstić information content (AvgIpc) is 2.42. The van der Waals surface area contributed by atoms with E-state index in [9.17, 15) is 9.59 Å². The van der Waals surface area contributed by atoms with E-state index in [0.29, 0.717) is 11.8 Å². The molecule has 0 aliphatic heterocycles. The number of hydrogen-bond donors (Lipinski definition) is 1. The topological polar surface area (TPSA) is 81.4 Å². The molecule has 1 aliphatic rings. The zero-order valence-electron chi connectivity index (χ0n) is 12.4. The molecule has 0 saturated heterocycles. The van der Waals surface area contributed by atoms with E-state index in [1.54, 1.807) is 6.20 Å². The Labute approximate surface area is 127 Å². The van der Waals surface area contributed by atoms with E-state index in [0.717, 1.165) is 18.2 Å². The molecule has 0 spiro atoms. The first-order valence-corrected chi connectivity index (χ1v) is 7.90. The van der Waals surface area contributed by atoms with Gasteiger partial charge in [-0.3, -0.25) is 9.59 Å². The third-order valence-electron chi connectivity index (χ3n) is 3.96. The van der Waals surface area contributed by atoms with Crippen LogP contribution in [0.3, 0.4) is 0 Å². The minimum Gasteiger partial charge on any atom is -0.481 e. The van der Waals surface area contributed by atoms with Crippen LogP contribution >= 0.6 is 11.8 Å². The van der Waals surface area contributed by atoms with Crippen LogP contribution in [0, 0.1) is 5.41 Å². The van der Waals surface area contributed by atoms with Gasteiger partial charge in [0.25, 0.3) is 5.56 Å². The van der Waals surface area contributed by atoms with E-state index < -0.39 is 5.97 Å². The van der Waals surface area contributed by atoms with E-state index in [1.165, 1.54) is 6.07 Å². The number of ether oxygens (including phenoxy) is 1. The molecule has 2 atom stereocenters. The predicted molar refractivity (Wildman–Crippen MR) is 79.7 cm³/mol. The van der Waals surface area contributed by atoms with Gasteiger partial charge in [-0.1, -0.05) is 25.6 Å². The summed E-state index contributed by atoms with van der Waals surface area (Å²) in [5.74, 6) is -1.04. The molecule has 6 nitrogen and oxygen atoms in total. The fourth-order valence-electron chi connectivity index (χ4n) is 2.69. The van der Waals surface area contributed by atoms with Gasteiger partial charge in [-0.25, -0.2) is 0 Å². The van der Waals surface area contributed by atoms with Gasteiger partial charge in [-0.15, -0.1) is 0 Å². The molecule has 1 N–H and O–H groups in total. The minimum absolute atomic E-state index is 0.0781. The van der Waals surface area contributed by atoms with Crippen LogP contribution in [0.15, 0.2) is 22.2 Å². The first-order chi connectivity index (χ1) is 9.86. The number of aromatic nitrogens is 2. The van der Waals surface area contributed by atoms with Crippen LogP contribution in [0.2, 0.25) is 0 Å². The Morgan fingerprint density at radius 1 is 1.62 bits per heavy atom. The zero-order chi connectivity index (χ0) is 15.6. The summed E-state index contributed by atoms with van der Waals surface area (Å²) in [6, 6.07) is 1.56. The van der Waals surface area contributed by atoms with E-state index >= 15 is 0 Å². The number of carboxylic acid groups (broad SMARTS) is 1. The van der Waals surface area contributed by atoms with E-state index in [-0.39, 0.29) is 28.9 Å². The van der Waals surface area contributed by atoms with Crippen molar-refractivity contribution in [2.75, 3.05) is 12.4 Å². The molecule has 1 fully saturated rings. The lowest BCUT2D eigenvalue weighted by atomic mass is 9.64. The minimum atomic E-state index is -0.926. The van der Waals surface area contributed by atoms with Gasteiger partial charge < -0.3 is 14.4 Å². The highest BCUT2D eigenvalue weighted by Crippen LogP contribution is 2.51. The van der Waals surface area contributed by atoms with Crippen molar-refractivity contribution < 1.29 is 14.6 Å². The fourth-order valence-corrected chi connectivity index (χ4v) is 3.43. The average molecular weight is 312 g/mol. The van der Waals surface area contributed by atoms with Crippen LogP contribution in [0.1, 0.15) is 33.2 Å². The molecule has 2 rings (SSSR count). The molecule has 0 radical (unpaired) electrons. The number of carbonyl (C=O) groups is 1. The summed E-state index contributed by atoms with van der Waals surface area (Å²) >= 11 is 1.07. The molecule has 21 heavy (non-hydrogen) atoms. The van der Waals surface area contributed by atoms with Crippen LogP contribution in [0.4, 0.5) is 0 Å². The lowest BCUT2D eigenvalue weighted by molar-refractivity contribution is -0.134. The Balaban J connectivity index is 2.24. The Bertz CT molecular complexity index is 585. The predicted octanol–water partition coefficient (Wildman–Crippen LogP) is 1.80. The van der Waals surface area contributed by atoms with Gasteiger partial charge in [-0.05, 0) is 13.3 Å². The third-order valence-corrected chi connectivity index (χ3v) is 4.91. The lowest BCUT2D eigenvalue weighted by Gasteiger charge is -2.52. The van der Waals surface area contributed by atoms with Crippen LogP contribution in [-0.2, 0) is 9.53 Å². The van der Waals surface area contributed by atoms with Gasteiger partial charge in [-0.2, -0.15) is 4.98 Å². The van der Waals surface area contributed by atoms with Crippen molar-refractivity contribution in [2.24, 2.45) is 5.41 Å². The molecule has 1 aromatic heterocycles. The molecule has 1 aromatic rings. The highest BCUT2D eigenvalue weighted by atomic mass is 32.2. The number of aliphatic carboxylic acids is 1. The first kappa shape index (κ1) is 16.0. The first-order valence-electron chi connectivity index (χ1n) is 6.91. The molecule has 7 heteroatoms. The summed E-state index contributed by atoms with van der Waals surface area (Å²) in [6.45, 7) is 6.87. The van der Waals surface area contributed by atoms with Crippen LogP contribution < -0.4 is 5.56 Å². The maximum atomic E-state index is 11.4. The normalized spacial score (nSPS) is 23.6. The molecular weight excluding hydrogens is 292 g/mol. The Hall–Kier alpha value is -1.34. The second-order valence-corrected chi connectivity index (χ2v) is 6.60. The van der Waals surface area contributed by atoms with Crippen LogP contribution in [-0.4, -0.2) is 39.1 Å². The molecule has 0 bridgehead atoms. The van der Waals surface area contributed by atoms with Crippen molar-refractivity contribution >= 4 is 17.7 Å². The molecule has 1 saturated carbocycles. The van der Waals surface area contributed by atoms with Crippen molar-refractivity contribution in [1.29, 1.82) is 0 Å². The van der Waals surface area contributed by atoms with Gasteiger partial charge in [0.15, 0.2) is 5.16 Å². The molecule has 1 heterocycles. The summed E-state index contributed by atoms with van der Waals surface area (Å²) in [7, 11) is 0. The molecule has 1 aliphatic carbocycles. The summed E-state index contributed by atoms with van der Waals surface area (Å²) in [6.07, 6.45) is 2.71. The number of thioether (sulfide) groups is 1. The van der Waals surface area contributed by atoms with Gasteiger partial charge in [0, 0.05) is 30.3 Å². The maximum Gasteiger partial charge on any atom is 0.313 e. The van der Waals surface area contributed by atoms with Crippen molar-refractivity contribution in [3.05, 3.63) is 22.6 Å². The molecule has 0 amide bonds. The summed E-state index contributed by atoms with van der Waals surface area (Å²) < 4.78 is 7.62. The fraction of sp³-hybridized carbons (Fsp3) is 0.643. The van der Waals surface area contributed by atoms with Crippen molar-refractivity contribution in [1.82, 2.24) is 9.55 Å². The Kier molecular flexibility index (Phi) is 4.73. The zero-order valence-corrected chi connectivity index (χ0v) is 13.2. The van der Waals surface area contributed by atoms with E-state index in [4.69, 9.17) is 9.84 Å². The van der Waals surface area contributed by atoms with Crippen molar-refractivity contribution in [3.63, 3.8) is 0 Å². The molecule has 0 aromatic carbocycles. The van der Waals surface area contributed by atoms with Gasteiger partial charge in [0.1, 0.15) is 0 Å². The quantitative estimate of drug-likeness (QED) is 0.637. The van der Waals surface area contributed by atoms with E-state index in [2.05, 4.69) is 18.8 Å². The smallest absolute Gasteiger partial charge is 0.313 e. The maximum absolute atomic E-state index is 11.4. The monoisotopic (exact) mass is 312 g/mol. The second-order valence-electron chi connectivity index (χ2n) is 5.65. The van der Waals surface area contributed by atoms with Gasteiger partial charge in [0.2, 0.25) is 0 Å². The number of carboxylic acids is 1. The second kappa shape index (κ2) is 6.19. The Morgan fingerprint density at radius 2 is 2.33 bits per heavy atom. The third kappa shape index (κ3) is 3.29. The summed E-state index contributed by atoms with van der Waals surface area (Å²) in [4.78, 5) is 26.1. The number of nitrogens with zero attached hydrogens (tertiary/aromatic N) is 2. The standard InChI is InChI=1S/C14H20N2O4S/c1-4-20-10-7-9(14(10,2)3)16-6-5-11(17)15-13(16)21-8-12(18)19/h5-6,9-10H,4,7-8H2,1-3H3,(H,18,19). The van der Waals surface area contributed by atoms with Gasteiger partial charge in [0.05, 0.1) is 11.9 Å². The molecular formula is C14H20N2O4S. The summed E-state index contributed by atoms with van der Waals surface area (Å²) in [5.41, 5.74) is -0.428. The van der Waals surface area contributed by atoms with Crippen LogP contribution in [0.5, 0.6) is 0 Å². The highest BCUT2D eigenvalue weighted by molar-refractivity contribution is 7.99. The van der Waals surface area contributed by atoms with Crippen molar-refractivity contribution in [3.8, 4) is 0 Å². The van der Waals surface area contributed by atoms with E-state index in [1.807, 2.05) is 11.5 Å². The highest BCUT2D eigenvalue weighted by Gasteiger charge is 2.50. The van der Waals surface area contributed by atoms with Crippen molar-refractivity contribution in [2.45, 2.75) is 44.5 Å². The molecule has 116 valence electrons. The van der Waals surface area contributed by atoms with Crippen LogP contribution in [0.25, 0.3) is 0 Å². The number of rotatable bonds is 6.